The van der Waals surface area contributed by atoms with Crippen LogP contribution in [0.25, 0.3) is 0 Å². The van der Waals surface area contributed by atoms with Crippen LogP contribution < -0.4 is 5.32 Å². The zero-order valence-corrected chi connectivity index (χ0v) is 11.6. The van der Waals surface area contributed by atoms with E-state index in [1.807, 2.05) is 0 Å². The molecule has 0 amide bonds. The molecule has 1 aromatic rings. The third-order valence-corrected chi connectivity index (χ3v) is 3.38. The molecule has 15 heavy (non-hydrogen) atoms. The van der Waals surface area contributed by atoms with Crippen LogP contribution in [-0.4, -0.2) is 6.54 Å². The minimum Gasteiger partial charge on any atom is -0.384 e. The van der Waals surface area contributed by atoms with Crippen LogP contribution in [0.2, 0.25) is 0 Å². The first-order valence-electron chi connectivity index (χ1n) is 5.55. The van der Waals surface area contributed by atoms with Crippen LogP contribution in [0.4, 0.5) is 5.69 Å². The van der Waals surface area contributed by atoms with Gasteiger partial charge in [-0.1, -0.05) is 26.3 Å². The van der Waals surface area contributed by atoms with Gasteiger partial charge in [-0.2, -0.15) is 0 Å². The molecule has 1 rings (SSSR count). The molecule has 84 valence electrons. The molecular weight excluding hydrogens is 250 g/mol. The Labute approximate surface area is 101 Å². The van der Waals surface area contributed by atoms with Crippen LogP contribution in [0.5, 0.6) is 0 Å². The lowest BCUT2D eigenvalue weighted by Crippen LogP contribution is -2.11. The summed E-state index contributed by atoms with van der Waals surface area (Å²) in [5, 5.41) is 3.51. The van der Waals surface area contributed by atoms with Gasteiger partial charge in [-0.3, -0.25) is 0 Å². The summed E-state index contributed by atoms with van der Waals surface area (Å²) >= 11 is 3.61. The van der Waals surface area contributed by atoms with Crippen LogP contribution in [0.3, 0.4) is 0 Å². The molecule has 0 aromatic heterocycles. The molecule has 0 saturated carbocycles. The maximum absolute atomic E-state index is 3.61. The van der Waals surface area contributed by atoms with E-state index in [1.54, 1.807) is 0 Å². The van der Waals surface area contributed by atoms with E-state index in [1.165, 1.54) is 27.7 Å². The second-order valence-electron chi connectivity index (χ2n) is 4.33. The van der Waals surface area contributed by atoms with E-state index in [0.29, 0.717) is 0 Å². The van der Waals surface area contributed by atoms with Gasteiger partial charge in [0.2, 0.25) is 0 Å². The molecular formula is C13H20BrN. The third kappa shape index (κ3) is 3.53. The summed E-state index contributed by atoms with van der Waals surface area (Å²) in [7, 11) is 0. The smallest absolute Gasteiger partial charge is 0.0514 e. The SMILES string of the molecule is CCC(C)CNc1c(C)cc(C)cc1Br. The van der Waals surface area contributed by atoms with Crippen molar-refractivity contribution in [3.8, 4) is 0 Å². The molecule has 1 atom stereocenters. The molecule has 1 unspecified atom stereocenters. The van der Waals surface area contributed by atoms with Crippen molar-refractivity contribution in [2.45, 2.75) is 34.1 Å². The first-order chi connectivity index (χ1) is 7.04. The number of hydrogen-bond donors (Lipinski definition) is 1. The zero-order valence-electron chi connectivity index (χ0n) is 10.0. The number of aryl methyl sites for hydroxylation is 2. The molecule has 0 aliphatic carbocycles. The summed E-state index contributed by atoms with van der Waals surface area (Å²) in [6.45, 7) is 9.81. The Morgan fingerprint density at radius 3 is 2.53 bits per heavy atom. The first-order valence-corrected chi connectivity index (χ1v) is 6.34. The van der Waals surface area contributed by atoms with Gasteiger partial charge in [0.15, 0.2) is 0 Å². The molecule has 0 fully saturated rings. The lowest BCUT2D eigenvalue weighted by Gasteiger charge is -2.15. The van der Waals surface area contributed by atoms with Gasteiger partial charge in [-0.25, -0.2) is 0 Å². The van der Waals surface area contributed by atoms with Crippen LogP contribution in [0.15, 0.2) is 16.6 Å². The van der Waals surface area contributed by atoms with Crippen molar-refractivity contribution in [2.75, 3.05) is 11.9 Å². The second kappa shape index (κ2) is 5.55. The molecule has 0 saturated heterocycles. The standard InChI is InChI=1S/C13H20BrN/c1-5-9(2)8-15-13-11(4)6-10(3)7-12(13)14/h6-7,9,15H,5,8H2,1-4H3. The Morgan fingerprint density at radius 2 is 2.00 bits per heavy atom. The Balaban J connectivity index is 2.77. The Kier molecular flexibility index (Phi) is 4.65. The van der Waals surface area contributed by atoms with E-state index in [2.05, 4.69) is 61.1 Å². The first kappa shape index (κ1) is 12.6. The van der Waals surface area contributed by atoms with Crippen LogP contribution in [-0.2, 0) is 0 Å². The van der Waals surface area contributed by atoms with Crippen molar-refractivity contribution >= 4 is 21.6 Å². The van der Waals surface area contributed by atoms with E-state index >= 15 is 0 Å². The Hall–Kier alpha value is -0.500. The molecule has 2 heteroatoms. The average molecular weight is 270 g/mol. The molecule has 0 radical (unpaired) electrons. The van der Waals surface area contributed by atoms with Crippen LogP contribution in [0.1, 0.15) is 31.4 Å². The summed E-state index contributed by atoms with van der Waals surface area (Å²) in [6, 6.07) is 4.37. The predicted octanol–water partition coefficient (Wildman–Crippen LogP) is 4.52. The predicted molar refractivity (Wildman–Crippen MR) is 71.6 cm³/mol. The molecule has 0 spiro atoms. The van der Waals surface area contributed by atoms with E-state index in [9.17, 15) is 0 Å². The topological polar surface area (TPSA) is 12.0 Å². The monoisotopic (exact) mass is 269 g/mol. The average Bonchev–Trinajstić information content (AvgIpc) is 2.15. The second-order valence-corrected chi connectivity index (χ2v) is 5.19. The van der Waals surface area contributed by atoms with Gasteiger partial charge in [0.25, 0.3) is 0 Å². The van der Waals surface area contributed by atoms with Crippen LogP contribution >= 0.6 is 15.9 Å². The Bertz CT molecular complexity index is 310. The van der Waals surface area contributed by atoms with E-state index < -0.39 is 0 Å². The minimum atomic E-state index is 0.720. The van der Waals surface area contributed by atoms with Gasteiger partial charge in [0.1, 0.15) is 0 Å². The number of hydrogen-bond acceptors (Lipinski definition) is 1. The zero-order chi connectivity index (χ0) is 11.4. The number of anilines is 1. The molecule has 0 aliphatic rings. The number of benzene rings is 1. The largest absolute Gasteiger partial charge is 0.384 e. The highest BCUT2D eigenvalue weighted by atomic mass is 79.9. The molecule has 1 N–H and O–H groups in total. The van der Waals surface area contributed by atoms with Crippen LogP contribution in [0, 0.1) is 19.8 Å². The van der Waals surface area contributed by atoms with Gasteiger partial charge in [-0.15, -0.1) is 0 Å². The van der Waals surface area contributed by atoms with Crippen molar-refractivity contribution in [2.24, 2.45) is 5.92 Å². The number of rotatable bonds is 4. The summed E-state index contributed by atoms with van der Waals surface area (Å²) in [5.74, 6) is 0.720. The highest BCUT2D eigenvalue weighted by Gasteiger charge is 2.05. The Morgan fingerprint density at radius 1 is 1.33 bits per heavy atom. The molecule has 0 heterocycles. The maximum atomic E-state index is 3.61. The summed E-state index contributed by atoms with van der Waals surface area (Å²) in [5.41, 5.74) is 3.85. The van der Waals surface area contributed by atoms with Gasteiger partial charge in [-0.05, 0) is 52.9 Å². The fraction of sp³-hybridized carbons (Fsp3) is 0.538. The van der Waals surface area contributed by atoms with Gasteiger partial charge < -0.3 is 5.32 Å². The fourth-order valence-electron chi connectivity index (χ4n) is 1.56. The lowest BCUT2D eigenvalue weighted by molar-refractivity contribution is 0.593. The van der Waals surface area contributed by atoms with Gasteiger partial charge in [0.05, 0.1) is 5.69 Å². The molecule has 1 aromatic carbocycles. The van der Waals surface area contributed by atoms with Gasteiger partial charge >= 0.3 is 0 Å². The summed E-state index contributed by atoms with van der Waals surface area (Å²) < 4.78 is 1.17. The third-order valence-electron chi connectivity index (χ3n) is 2.76. The quantitative estimate of drug-likeness (QED) is 0.847. The highest BCUT2D eigenvalue weighted by molar-refractivity contribution is 9.10. The molecule has 0 aliphatic heterocycles. The summed E-state index contributed by atoms with van der Waals surface area (Å²) in [4.78, 5) is 0. The van der Waals surface area contributed by atoms with Crippen molar-refractivity contribution in [1.82, 2.24) is 0 Å². The van der Waals surface area contributed by atoms with Crippen molar-refractivity contribution in [3.63, 3.8) is 0 Å². The summed E-state index contributed by atoms with van der Waals surface area (Å²) in [6.07, 6.45) is 1.22. The van der Waals surface area contributed by atoms with Crippen molar-refractivity contribution in [1.29, 1.82) is 0 Å². The number of nitrogens with one attached hydrogen (secondary N) is 1. The minimum absolute atomic E-state index is 0.720. The maximum Gasteiger partial charge on any atom is 0.0514 e. The van der Waals surface area contributed by atoms with E-state index in [4.69, 9.17) is 0 Å². The van der Waals surface area contributed by atoms with Crippen molar-refractivity contribution < 1.29 is 0 Å². The van der Waals surface area contributed by atoms with Gasteiger partial charge in [0, 0.05) is 11.0 Å². The molecule has 0 bridgehead atoms. The normalized spacial score (nSPS) is 12.6. The molecule has 1 nitrogen and oxygen atoms in total. The number of halogens is 1. The lowest BCUT2D eigenvalue weighted by atomic mass is 10.1. The van der Waals surface area contributed by atoms with E-state index in [0.717, 1.165) is 12.5 Å². The fourth-order valence-corrected chi connectivity index (χ4v) is 2.37. The highest BCUT2D eigenvalue weighted by Crippen LogP contribution is 2.27. The van der Waals surface area contributed by atoms with Crippen molar-refractivity contribution in [3.05, 3.63) is 27.7 Å². The van der Waals surface area contributed by atoms with E-state index in [-0.39, 0.29) is 0 Å².